The van der Waals surface area contributed by atoms with Crippen molar-refractivity contribution in [3.63, 3.8) is 0 Å². The Morgan fingerprint density at radius 3 is 2.32 bits per heavy atom. The minimum Gasteiger partial charge on any atom is -0.465 e. The standard InChI is InChI=1S/C20H24N2O5S/c1-13-8-6-9-16(12-13)22(28(5,25)26)15(3)19(23)21-18-11-7-10-17(14(18)2)20(24)27-4/h6-12,15H,1-5H3,(H,21,23). The fourth-order valence-corrected chi connectivity index (χ4v) is 4.08. The Morgan fingerprint density at radius 2 is 1.75 bits per heavy atom. The number of sulfonamides is 1. The van der Waals surface area contributed by atoms with Crippen LogP contribution in [0.5, 0.6) is 0 Å². The van der Waals surface area contributed by atoms with Crippen molar-refractivity contribution in [1.82, 2.24) is 0 Å². The molecule has 0 radical (unpaired) electrons. The number of rotatable bonds is 6. The summed E-state index contributed by atoms with van der Waals surface area (Å²) in [6.45, 7) is 5.04. The minimum absolute atomic E-state index is 0.326. The summed E-state index contributed by atoms with van der Waals surface area (Å²) in [5.74, 6) is -1.03. The Bertz CT molecular complexity index is 1000. The van der Waals surface area contributed by atoms with Crippen molar-refractivity contribution in [2.24, 2.45) is 0 Å². The van der Waals surface area contributed by atoms with Crippen LogP contribution in [0.3, 0.4) is 0 Å². The van der Waals surface area contributed by atoms with Crippen molar-refractivity contribution in [3.8, 4) is 0 Å². The molecule has 0 aliphatic carbocycles. The van der Waals surface area contributed by atoms with Gasteiger partial charge in [-0.15, -0.1) is 0 Å². The van der Waals surface area contributed by atoms with Crippen LogP contribution in [0.2, 0.25) is 0 Å². The van der Waals surface area contributed by atoms with Gasteiger partial charge in [-0.25, -0.2) is 13.2 Å². The van der Waals surface area contributed by atoms with Crippen LogP contribution < -0.4 is 9.62 Å². The maximum absolute atomic E-state index is 12.8. The first-order chi connectivity index (χ1) is 13.1. The molecular weight excluding hydrogens is 380 g/mol. The van der Waals surface area contributed by atoms with Crippen LogP contribution in [0.25, 0.3) is 0 Å². The van der Waals surface area contributed by atoms with Gasteiger partial charge in [0.05, 0.1) is 24.6 Å². The van der Waals surface area contributed by atoms with Gasteiger partial charge in [-0.2, -0.15) is 0 Å². The maximum atomic E-state index is 12.8. The molecule has 1 N–H and O–H groups in total. The van der Waals surface area contributed by atoms with Gasteiger partial charge >= 0.3 is 5.97 Å². The number of methoxy groups -OCH3 is 1. The van der Waals surface area contributed by atoms with E-state index in [2.05, 4.69) is 5.32 Å². The molecular formula is C20H24N2O5S. The summed E-state index contributed by atoms with van der Waals surface area (Å²) in [6.07, 6.45) is 1.06. The van der Waals surface area contributed by atoms with Crippen molar-refractivity contribution in [3.05, 3.63) is 59.2 Å². The van der Waals surface area contributed by atoms with Gasteiger partial charge in [-0.1, -0.05) is 18.2 Å². The zero-order valence-electron chi connectivity index (χ0n) is 16.5. The highest BCUT2D eigenvalue weighted by atomic mass is 32.2. The molecule has 28 heavy (non-hydrogen) atoms. The van der Waals surface area contributed by atoms with E-state index in [0.29, 0.717) is 22.5 Å². The van der Waals surface area contributed by atoms with Crippen LogP contribution in [0.1, 0.15) is 28.4 Å². The first-order valence-corrected chi connectivity index (χ1v) is 10.5. The largest absolute Gasteiger partial charge is 0.465 e. The molecule has 0 heterocycles. The highest BCUT2D eigenvalue weighted by Gasteiger charge is 2.29. The van der Waals surface area contributed by atoms with E-state index in [1.165, 1.54) is 14.0 Å². The summed E-state index contributed by atoms with van der Waals surface area (Å²) in [7, 11) is -2.43. The molecule has 150 valence electrons. The molecule has 0 spiro atoms. The van der Waals surface area contributed by atoms with Crippen LogP contribution in [-0.4, -0.2) is 39.7 Å². The monoisotopic (exact) mass is 404 g/mol. The third-order valence-corrected chi connectivity index (χ3v) is 5.58. The number of esters is 1. The van der Waals surface area contributed by atoms with E-state index in [9.17, 15) is 18.0 Å². The second-order valence-corrected chi connectivity index (χ2v) is 8.39. The lowest BCUT2D eigenvalue weighted by Crippen LogP contribution is -2.45. The molecule has 0 fully saturated rings. The van der Waals surface area contributed by atoms with E-state index in [-0.39, 0.29) is 0 Å². The van der Waals surface area contributed by atoms with Gasteiger partial charge in [0.25, 0.3) is 0 Å². The molecule has 0 bridgehead atoms. The van der Waals surface area contributed by atoms with E-state index in [4.69, 9.17) is 4.74 Å². The van der Waals surface area contributed by atoms with Crippen molar-refractivity contribution >= 4 is 33.3 Å². The number of amides is 1. The Balaban J connectivity index is 2.36. The summed E-state index contributed by atoms with van der Waals surface area (Å²) < 4.78 is 30.6. The molecule has 0 aromatic heterocycles. The lowest BCUT2D eigenvalue weighted by Gasteiger charge is -2.28. The molecule has 2 aromatic carbocycles. The topological polar surface area (TPSA) is 92.8 Å². The van der Waals surface area contributed by atoms with Crippen LogP contribution in [0.4, 0.5) is 11.4 Å². The van der Waals surface area contributed by atoms with Gasteiger partial charge in [0.2, 0.25) is 15.9 Å². The van der Waals surface area contributed by atoms with Crippen LogP contribution >= 0.6 is 0 Å². The summed E-state index contributed by atoms with van der Waals surface area (Å²) in [4.78, 5) is 24.7. The van der Waals surface area contributed by atoms with E-state index in [1.54, 1.807) is 43.3 Å². The number of carbonyl (C=O) groups excluding carboxylic acids is 2. The van der Waals surface area contributed by atoms with Gasteiger partial charge in [-0.3, -0.25) is 9.10 Å². The number of anilines is 2. The molecule has 1 unspecified atom stereocenters. The summed E-state index contributed by atoms with van der Waals surface area (Å²) >= 11 is 0. The molecule has 2 rings (SSSR count). The van der Waals surface area contributed by atoms with E-state index >= 15 is 0 Å². The molecule has 8 heteroatoms. The maximum Gasteiger partial charge on any atom is 0.338 e. The molecule has 0 saturated carbocycles. The van der Waals surface area contributed by atoms with Crippen molar-refractivity contribution < 1.29 is 22.7 Å². The zero-order valence-corrected chi connectivity index (χ0v) is 17.3. The average Bonchev–Trinajstić information content (AvgIpc) is 2.61. The quantitative estimate of drug-likeness (QED) is 0.748. The molecule has 1 amide bonds. The predicted molar refractivity (Wildman–Crippen MR) is 109 cm³/mol. The SMILES string of the molecule is COC(=O)c1cccc(NC(=O)C(C)N(c2cccc(C)c2)S(C)(=O)=O)c1C. The third-order valence-electron chi connectivity index (χ3n) is 4.34. The molecule has 2 aromatic rings. The van der Waals surface area contributed by atoms with Crippen LogP contribution in [0.15, 0.2) is 42.5 Å². The molecule has 0 aliphatic rings. The van der Waals surface area contributed by atoms with Crippen molar-refractivity contribution in [2.75, 3.05) is 23.0 Å². The Labute approximate surface area is 165 Å². The highest BCUT2D eigenvalue weighted by Crippen LogP contribution is 2.24. The molecule has 0 saturated heterocycles. The number of ether oxygens (including phenoxy) is 1. The number of nitrogens with zero attached hydrogens (tertiary/aromatic N) is 1. The number of hydrogen-bond acceptors (Lipinski definition) is 5. The minimum atomic E-state index is -3.71. The number of hydrogen-bond donors (Lipinski definition) is 1. The van der Waals surface area contributed by atoms with Crippen LogP contribution in [-0.2, 0) is 19.6 Å². The Morgan fingerprint density at radius 1 is 1.11 bits per heavy atom. The lowest BCUT2D eigenvalue weighted by molar-refractivity contribution is -0.116. The zero-order chi connectivity index (χ0) is 21.1. The molecule has 7 nitrogen and oxygen atoms in total. The van der Waals surface area contributed by atoms with E-state index in [0.717, 1.165) is 16.1 Å². The van der Waals surface area contributed by atoms with E-state index < -0.39 is 27.9 Å². The lowest BCUT2D eigenvalue weighted by atomic mass is 10.1. The predicted octanol–water partition coefficient (Wildman–Crippen LogP) is 2.88. The normalized spacial score (nSPS) is 12.2. The third kappa shape index (κ3) is 4.69. The van der Waals surface area contributed by atoms with Crippen molar-refractivity contribution in [1.29, 1.82) is 0 Å². The Kier molecular flexibility index (Phi) is 6.45. The number of benzene rings is 2. The van der Waals surface area contributed by atoms with Gasteiger partial charge in [0.1, 0.15) is 6.04 Å². The molecule has 0 aliphatic heterocycles. The summed E-state index contributed by atoms with van der Waals surface area (Å²) in [5.41, 5.74) is 2.56. The first kappa shape index (κ1) is 21.4. The first-order valence-electron chi connectivity index (χ1n) is 8.61. The van der Waals surface area contributed by atoms with Gasteiger partial charge in [0.15, 0.2) is 0 Å². The van der Waals surface area contributed by atoms with Gasteiger partial charge in [0, 0.05) is 5.69 Å². The smallest absolute Gasteiger partial charge is 0.338 e. The van der Waals surface area contributed by atoms with E-state index in [1.807, 2.05) is 13.0 Å². The average molecular weight is 404 g/mol. The van der Waals surface area contributed by atoms with Gasteiger partial charge in [-0.05, 0) is 56.2 Å². The van der Waals surface area contributed by atoms with Gasteiger partial charge < -0.3 is 10.1 Å². The highest BCUT2D eigenvalue weighted by molar-refractivity contribution is 7.92. The second-order valence-electron chi connectivity index (χ2n) is 6.53. The number of carbonyl (C=O) groups is 2. The fourth-order valence-electron chi connectivity index (χ4n) is 2.91. The van der Waals surface area contributed by atoms with Crippen molar-refractivity contribution in [2.45, 2.75) is 26.8 Å². The summed E-state index contributed by atoms with van der Waals surface area (Å²) in [6, 6.07) is 10.8. The summed E-state index contributed by atoms with van der Waals surface area (Å²) in [5, 5.41) is 2.71. The number of nitrogens with one attached hydrogen (secondary N) is 1. The Hall–Kier alpha value is -2.87. The molecule has 1 atom stereocenters. The van der Waals surface area contributed by atoms with Crippen LogP contribution in [0, 0.1) is 13.8 Å². The second kappa shape index (κ2) is 8.43. The number of aryl methyl sites for hydroxylation is 1. The fraction of sp³-hybridized carbons (Fsp3) is 0.300.